The van der Waals surface area contributed by atoms with Crippen LogP contribution in [-0.4, -0.2) is 4.98 Å². The lowest BCUT2D eigenvalue weighted by atomic mass is 9.70. The van der Waals surface area contributed by atoms with Gasteiger partial charge in [-0.3, -0.25) is 4.79 Å². The Balaban J connectivity index is 2.05. The van der Waals surface area contributed by atoms with Gasteiger partial charge < -0.3 is 4.98 Å². The van der Waals surface area contributed by atoms with E-state index in [1.807, 2.05) is 6.07 Å². The van der Waals surface area contributed by atoms with Gasteiger partial charge in [0.15, 0.2) is 0 Å². The van der Waals surface area contributed by atoms with Gasteiger partial charge in [-0.2, -0.15) is 0 Å². The molecule has 2 unspecified atom stereocenters. The molecular formula is C13H17NO. The summed E-state index contributed by atoms with van der Waals surface area (Å²) in [6, 6.07) is 3.70. The standard InChI is InChI=1S/C13H17NO/c15-12-8-7-10-6-5-9-3-1-2-4-11(9)13(10)14-12/h7-9,11H,1-6H2,(H,14,15). The van der Waals surface area contributed by atoms with Crippen LogP contribution in [-0.2, 0) is 6.42 Å². The third-order valence-corrected chi connectivity index (χ3v) is 4.10. The van der Waals surface area contributed by atoms with Crippen LogP contribution in [0.5, 0.6) is 0 Å². The predicted molar refractivity (Wildman–Crippen MR) is 60.1 cm³/mol. The highest BCUT2D eigenvalue weighted by Gasteiger charge is 2.31. The minimum Gasteiger partial charge on any atom is -0.326 e. The minimum absolute atomic E-state index is 0.0694. The zero-order valence-corrected chi connectivity index (χ0v) is 8.96. The highest BCUT2D eigenvalue weighted by Crippen LogP contribution is 2.43. The fourth-order valence-electron chi connectivity index (χ4n) is 3.34. The molecule has 1 aromatic heterocycles. The van der Waals surface area contributed by atoms with Gasteiger partial charge in [-0.15, -0.1) is 0 Å². The van der Waals surface area contributed by atoms with Crippen LogP contribution in [0.2, 0.25) is 0 Å². The number of aryl methyl sites for hydroxylation is 1. The van der Waals surface area contributed by atoms with E-state index in [1.54, 1.807) is 6.07 Å². The average Bonchev–Trinajstić information content (AvgIpc) is 2.29. The second kappa shape index (κ2) is 3.51. The molecule has 0 amide bonds. The Morgan fingerprint density at radius 3 is 2.93 bits per heavy atom. The normalized spacial score (nSPS) is 29.3. The Morgan fingerprint density at radius 1 is 1.13 bits per heavy atom. The van der Waals surface area contributed by atoms with Crippen molar-refractivity contribution >= 4 is 0 Å². The lowest BCUT2D eigenvalue weighted by molar-refractivity contribution is 0.270. The van der Waals surface area contributed by atoms with Crippen molar-refractivity contribution in [1.29, 1.82) is 0 Å². The van der Waals surface area contributed by atoms with E-state index in [9.17, 15) is 4.79 Å². The van der Waals surface area contributed by atoms with Crippen molar-refractivity contribution in [3.8, 4) is 0 Å². The molecule has 1 N–H and O–H groups in total. The first-order chi connectivity index (χ1) is 7.34. The summed E-state index contributed by atoms with van der Waals surface area (Å²) in [5.41, 5.74) is 2.72. The second-order valence-electron chi connectivity index (χ2n) is 4.95. The number of pyridine rings is 1. The van der Waals surface area contributed by atoms with Crippen LogP contribution in [0.25, 0.3) is 0 Å². The highest BCUT2D eigenvalue weighted by molar-refractivity contribution is 5.27. The Hall–Kier alpha value is -1.05. The van der Waals surface area contributed by atoms with Crippen molar-refractivity contribution in [2.24, 2.45) is 5.92 Å². The largest absolute Gasteiger partial charge is 0.326 e. The molecule has 1 fully saturated rings. The summed E-state index contributed by atoms with van der Waals surface area (Å²) in [5, 5.41) is 0. The SMILES string of the molecule is O=c1ccc2c([nH]1)C1CCCCC1CC2. The number of fused-ring (bicyclic) bond motifs is 3. The number of rotatable bonds is 0. The first kappa shape index (κ1) is 9.20. The molecule has 15 heavy (non-hydrogen) atoms. The van der Waals surface area contributed by atoms with E-state index in [0.717, 1.165) is 12.3 Å². The molecule has 80 valence electrons. The smallest absolute Gasteiger partial charge is 0.248 e. The van der Waals surface area contributed by atoms with Crippen molar-refractivity contribution in [3.05, 3.63) is 33.7 Å². The lowest BCUT2D eigenvalue weighted by Gasteiger charge is -2.36. The highest BCUT2D eigenvalue weighted by atomic mass is 16.1. The first-order valence-electron chi connectivity index (χ1n) is 6.07. The molecule has 2 heteroatoms. The molecule has 0 aromatic carbocycles. The molecule has 1 saturated carbocycles. The Bertz CT molecular complexity index is 421. The first-order valence-corrected chi connectivity index (χ1v) is 6.07. The molecule has 0 saturated heterocycles. The summed E-state index contributed by atoms with van der Waals surface area (Å²) < 4.78 is 0. The van der Waals surface area contributed by atoms with Crippen molar-refractivity contribution in [2.75, 3.05) is 0 Å². The van der Waals surface area contributed by atoms with Gasteiger partial charge >= 0.3 is 0 Å². The van der Waals surface area contributed by atoms with Gasteiger partial charge in [-0.05, 0) is 37.2 Å². The van der Waals surface area contributed by atoms with Gasteiger partial charge in [0.2, 0.25) is 5.56 Å². The lowest BCUT2D eigenvalue weighted by Crippen LogP contribution is -2.27. The summed E-state index contributed by atoms with van der Waals surface area (Å²) in [6.07, 6.45) is 7.83. The molecule has 1 aromatic rings. The van der Waals surface area contributed by atoms with Crippen LogP contribution >= 0.6 is 0 Å². The van der Waals surface area contributed by atoms with Crippen LogP contribution < -0.4 is 5.56 Å². The fourth-order valence-corrected chi connectivity index (χ4v) is 3.34. The third kappa shape index (κ3) is 1.52. The molecule has 2 aliphatic rings. The number of aromatic nitrogens is 1. The molecule has 2 nitrogen and oxygen atoms in total. The Morgan fingerprint density at radius 2 is 2.00 bits per heavy atom. The minimum atomic E-state index is 0.0694. The molecule has 1 heterocycles. The Labute approximate surface area is 89.7 Å². The van der Waals surface area contributed by atoms with Crippen LogP contribution in [0.4, 0.5) is 0 Å². The molecule has 0 bridgehead atoms. The van der Waals surface area contributed by atoms with Crippen LogP contribution in [0.1, 0.15) is 49.3 Å². The van der Waals surface area contributed by atoms with E-state index in [1.165, 1.54) is 43.4 Å². The quantitative estimate of drug-likeness (QED) is 0.690. The summed E-state index contributed by atoms with van der Waals surface area (Å²) in [5.74, 6) is 1.49. The van der Waals surface area contributed by atoms with Gasteiger partial charge in [0.1, 0.15) is 0 Å². The molecule has 2 aliphatic carbocycles. The number of nitrogens with one attached hydrogen (secondary N) is 1. The van der Waals surface area contributed by atoms with Gasteiger partial charge in [0, 0.05) is 17.7 Å². The van der Waals surface area contributed by atoms with Gasteiger partial charge in [-0.1, -0.05) is 18.9 Å². The van der Waals surface area contributed by atoms with Crippen LogP contribution in [0, 0.1) is 5.92 Å². The molecular weight excluding hydrogens is 186 g/mol. The predicted octanol–water partition coefficient (Wildman–Crippen LogP) is 2.59. The zero-order valence-electron chi connectivity index (χ0n) is 8.96. The van der Waals surface area contributed by atoms with E-state index in [0.29, 0.717) is 5.92 Å². The monoisotopic (exact) mass is 203 g/mol. The number of hydrogen-bond donors (Lipinski definition) is 1. The van der Waals surface area contributed by atoms with Gasteiger partial charge in [0.05, 0.1) is 0 Å². The maximum Gasteiger partial charge on any atom is 0.248 e. The summed E-state index contributed by atoms with van der Waals surface area (Å²) >= 11 is 0. The topological polar surface area (TPSA) is 32.9 Å². The number of hydrogen-bond acceptors (Lipinski definition) is 1. The van der Waals surface area contributed by atoms with Crippen molar-refractivity contribution in [2.45, 2.75) is 44.4 Å². The van der Waals surface area contributed by atoms with E-state index >= 15 is 0 Å². The fraction of sp³-hybridized carbons (Fsp3) is 0.615. The molecule has 3 rings (SSSR count). The van der Waals surface area contributed by atoms with Crippen LogP contribution in [0.15, 0.2) is 16.9 Å². The molecule has 0 radical (unpaired) electrons. The summed E-state index contributed by atoms with van der Waals surface area (Å²) in [6.45, 7) is 0. The third-order valence-electron chi connectivity index (χ3n) is 4.10. The van der Waals surface area contributed by atoms with E-state index in [4.69, 9.17) is 0 Å². The van der Waals surface area contributed by atoms with Crippen molar-refractivity contribution < 1.29 is 0 Å². The van der Waals surface area contributed by atoms with Gasteiger partial charge in [-0.25, -0.2) is 0 Å². The average molecular weight is 203 g/mol. The van der Waals surface area contributed by atoms with Crippen molar-refractivity contribution in [3.63, 3.8) is 0 Å². The summed E-state index contributed by atoms with van der Waals surface area (Å²) in [4.78, 5) is 14.4. The molecule has 0 spiro atoms. The van der Waals surface area contributed by atoms with E-state index in [2.05, 4.69) is 4.98 Å². The Kier molecular flexibility index (Phi) is 2.15. The summed E-state index contributed by atoms with van der Waals surface area (Å²) in [7, 11) is 0. The molecule has 2 atom stereocenters. The van der Waals surface area contributed by atoms with Crippen LogP contribution in [0.3, 0.4) is 0 Å². The second-order valence-corrected chi connectivity index (χ2v) is 4.95. The maximum absolute atomic E-state index is 11.4. The van der Waals surface area contributed by atoms with E-state index < -0.39 is 0 Å². The zero-order chi connectivity index (χ0) is 10.3. The van der Waals surface area contributed by atoms with Gasteiger partial charge in [0.25, 0.3) is 0 Å². The maximum atomic E-state index is 11.4. The molecule has 0 aliphatic heterocycles. The van der Waals surface area contributed by atoms with Crippen molar-refractivity contribution in [1.82, 2.24) is 4.98 Å². The number of aromatic amines is 1. The van der Waals surface area contributed by atoms with E-state index in [-0.39, 0.29) is 5.56 Å². The number of H-pyrrole nitrogens is 1.